The van der Waals surface area contributed by atoms with Crippen LogP contribution in [0.3, 0.4) is 0 Å². The van der Waals surface area contributed by atoms with Crippen LogP contribution >= 0.6 is 0 Å². The van der Waals surface area contributed by atoms with Crippen molar-refractivity contribution in [3.63, 3.8) is 0 Å². The van der Waals surface area contributed by atoms with E-state index >= 15 is 0 Å². The predicted octanol–water partition coefficient (Wildman–Crippen LogP) is 20.8. The average Bonchev–Trinajstić information content (AvgIpc) is 3.35. The van der Waals surface area contributed by atoms with Gasteiger partial charge in [0, 0.05) is 12.8 Å². The first-order valence-corrected chi connectivity index (χ1v) is 30.7. The molecule has 0 amide bonds. The summed E-state index contributed by atoms with van der Waals surface area (Å²) < 4.78 is 10.7. The molecule has 0 aromatic carbocycles. The fourth-order valence-electron chi connectivity index (χ4n) is 9.32. The van der Waals surface area contributed by atoms with E-state index in [1.165, 1.54) is 244 Å². The molecular formula is C64H118O5. The normalized spacial score (nSPS) is 12.4. The maximum atomic E-state index is 12.3. The van der Waals surface area contributed by atoms with Gasteiger partial charge in [0.05, 0.1) is 6.61 Å². The Bertz CT molecular complexity index is 1140. The van der Waals surface area contributed by atoms with Crippen molar-refractivity contribution in [2.24, 2.45) is 0 Å². The Kier molecular flexibility index (Phi) is 58.3. The summed E-state index contributed by atoms with van der Waals surface area (Å²) >= 11 is 0. The van der Waals surface area contributed by atoms with E-state index in [-0.39, 0.29) is 25.2 Å². The maximum Gasteiger partial charge on any atom is 0.306 e. The van der Waals surface area contributed by atoms with Gasteiger partial charge in [-0.2, -0.15) is 0 Å². The lowest BCUT2D eigenvalue weighted by molar-refractivity contribution is -0.161. The minimum atomic E-state index is -0.770. The van der Waals surface area contributed by atoms with Crippen LogP contribution in [0.5, 0.6) is 0 Å². The molecule has 0 heterocycles. The number of carbonyl (C=O) groups excluding carboxylic acids is 2. The van der Waals surface area contributed by atoms with Crippen molar-refractivity contribution in [3.05, 3.63) is 48.6 Å². The smallest absolute Gasteiger partial charge is 0.306 e. The number of hydrogen-bond acceptors (Lipinski definition) is 5. The quantitative estimate of drug-likeness (QED) is 0.0373. The molecule has 5 nitrogen and oxygen atoms in total. The van der Waals surface area contributed by atoms with Crippen LogP contribution < -0.4 is 0 Å². The van der Waals surface area contributed by atoms with E-state index in [9.17, 15) is 14.7 Å². The summed E-state index contributed by atoms with van der Waals surface area (Å²) in [5.41, 5.74) is 0. The molecular weight excluding hydrogens is 849 g/mol. The zero-order chi connectivity index (χ0) is 49.9. The highest BCUT2D eigenvalue weighted by atomic mass is 16.6. The highest BCUT2D eigenvalue weighted by Gasteiger charge is 2.16. The fraction of sp³-hybridized carbons (Fsp3) is 0.844. The van der Waals surface area contributed by atoms with Crippen LogP contribution in [0.25, 0.3) is 0 Å². The number of carbonyl (C=O) groups is 2. The number of ether oxygens (including phenoxy) is 2. The number of allylic oxidation sites excluding steroid dienone is 8. The summed E-state index contributed by atoms with van der Waals surface area (Å²) in [6, 6.07) is 0. The monoisotopic (exact) mass is 967 g/mol. The third-order valence-corrected chi connectivity index (χ3v) is 13.9. The Labute approximate surface area is 430 Å². The molecule has 0 bridgehead atoms. The van der Waals surface area contributed by atoms with E-state index in [1.807, 2.05) is 0 Å². The zero-order valence-electron chi connectivity index (χ0n) is 46.3. The molecule has 1 atom stereocenters. The molecule has 0 spiro atoms. The van der Waals surface area contributed by atoms with Crippen molar-refractivity contribution >= 4 is 11.9 Å². The Balaban J connectivity index is 3.42. The maximum absolute atomic E-state index is 12.3. The summed E-state index contributed by atoms with van der Waals surface area (Å²) in [5, 5.41) is 9.67. The first-order valence-electron chi connectivity index (χ1n) is 30.7. The van der Waals surface area contributed by atoms with Gasteiger partial charge in [-0.25, -0.2) is 0 Å². The van der Waals surface area contributed by atoms with Gasteiger partial charge in [0.15, 0.2) is 6.10 Å². The van der Waals surface area contributed by atoms with E-state index in [0.717, 1.165) is 57.8 Å². The molecule has 0 fully saturated rings. The lowest BCUT2D eigenvalue weighted by Crippen LogP contribution is -2.28. The molecule has 5 heteroatoms. The molecule has 0 rings (SSSR count). The molecule has 0 aliphatic heterocycles. The molecule has 0 aliphatic rings. The van der Waals surface area contributed by atoms with E-state index in [4.69, 9.17) is 9.47 Å². The summed E-state index contributed by atoms with van der Waals surface area (Å²) in [5.74, 6) is -0.570. The van der Waals surface area contributed by atoms with Crippen molar-refractivity contribution in [2.45, 2.75) is 335 Å². The van der Waals surface area contributed by atoms with Crippen LogP contribution in [-0.2, 0) is 19.1 Å². The predicted molar refractivity (Wildman–Crippen MR) is 302 cm³/mol. The Morgan fingerprint density at radius 1 is 0.348 bits per heavy atom. The number of unbranched alkanes of at least 4 members (excludes halogenated alkanes) is 41. The highest BCUT2D eigenvalue weighted by Crippen LogP contribution is 2.18. The molecule has 1 unspecified atom stereocenters. The highest BCUT2D eigenvalue weighted by molar-refractivity contribution is 5.70. The number of esters is 2. The van der Waals surface area contributed by atoms with E-state index in [1.54, 1.807) is 0 Å². The van der Waals surface area contributed by atoms with Gasteiger partial charge in [-0.3, -0.25) is 9.59 Å². The van der Waals surface area contributed by atoms with Gasteiger partial charge in [0.1, 0.15) is 6.61 Å². The summed E-state index contributed by atoms with van der Waals surface area (Å²) in [7, 11) is 0. The minimum absolute atomic E-state index is 0.0601. The van der Waals surface area contributed by atoms with Crippen LogP contribution in [-0.4, -0.2) is 36.4 Å². The molecule has 404 valence electrons. The summed E-state index contributed by atoms with van der Waals surface area (Å²) in [6.45, 7) is 4.08. The van der Waals surface area contributed by atoms with Gasteiger partial charge >= 0.3 is 11.9 Å². The van der Waals surface area contributed by atoms with Gasteiger partial charge in [-0.05, 0) is 51.4 Å². The third kappa shape index (κ3) is 58.3. The SMILES string of the molecule is CC/C=C\C/C=C\C/C=C\C/C=C\CCCCCCCCCCCCCCCCCCCCC(=O)OC(CO)COC(=O)CCCCCCCCCCCCCCCCCCCCCCCCCC. The first kappa shape index (κ1) is 66.9. The van der Waals surface area contributed by atoms with Crippen LogP contribution in [0.4, 0.5) is 0 Å². The standard InChI is InChI=1S/C64H118O5/c1-3-5-7-9-11-13-15-17-19-21-23-25-27-29-30-31-32-33-34-35-37-39-41-43-45-47-49-51-53-55-57-59-64(67)69-62(60-65)61-68-63(66)58-56-54-52-50-48-46-44-42-40-38-36-28-26-24-22-20-18-16-14-12-10-8-6-4-2/h5,7,11,13,17,19,23,25,62,65H,3-4,6,8-10,12,14-16,18,20-22,24,26-61H2,1-2H3/b7-5-,13-11-,19-17-,25-23-. The first-order chi connectivity index (χ1) is 34.1. The zero-order valence-corrected chi connectivity index (χ0v) is 46.3. The van der Waals surface area contributed by atoms with Crippen LogP contribution in [0, 0.1) is 0 Å². The topological polar surface area (TPSA) is 72.8 Å². The molecule has 0 aromatic heterocycles. The van der Waals surface area contributed by atoms with Gasteiger partial charge in [-0.1, -0.05) is 313 Å². The third-order valence-electron chi connectivity index (χ3n) is 13.9. The van der Waals surface area contributed by atoms with Crippen LogP contribution in [0.15, 0.2) is 48.6 Å². The van der Waals surface area contributed by atoms with E-state index in [2.05, 4.69) is 62.5 Å². The number of rotatable bonds is 57. The van der Waals surface area contributed by atoms with Crippen molar-refractivity contribution in [3.8, 4) is 0 Å². The van der Waals surface area contributed by atoms with Gasteiger partial charge in [0.2, 0.25) is 0 Å². The van der Waals surface area contributed by atoms with E-state index in [0.29, 0.717) is 12.8 Å². The van der Waals surface area contributed by atoms with Crippen molar-refractivity contribution in [1.82, 2.24) is 0 Å². The Hall–Kier alpha value is -2.14. The molecule has 1 N–H and O–H groups in total. The number of aliphatic hydroxyl groups is 1. The summed E-state index contributed by atoms with van der Waals surface area (Å²) in [6.07, 6.45) is 79.7. The largest absolute Gasteiger partial charge is 0.462 e. The second-order valence-electron chi connectivity index (χ2n) is 20.8. The minimum Gasteiger partial charge on any atom is -0.462 e. The van der Waals surface area contributed by atoms with Gasteiger partial charge < -0.3 is 14.6 Å². The number of hydrogen-bond donors (Lipinski definition) is 1. The van der Waals surface area contributed by atoms with Crippen LogP contribution in [0.2, 0.25) is 0 Å². The van der Waals surface area contributed by atoms with E-state index < -0.39 is 6.10 Å². The molecule has 0 saturated carbocycles. The molecule has 0 aliphatic carbocycles. The van der Waals surface area contributed by atoms with Crippen LogP contribution in [0.1, 0.15) is 328 Å². The Morgan fingerprint density at radius 3 is 0.942 bits per heavy atom. The fourth-order valence-corrected chi connectivity index (χ4v) is 9.32. The van der Waals surface area contributed by atoms with Gasteiger partial charge in [0.25, 0.3) is 0 Å². The van der Waals surface area contributed by atoms with Crippen molar-refractivity contribution in [1.29, 1.82) is 0 Å². The second-order valence-corrected chi connectivity index (χ2v) is 20.8. The molecule has 0 aromatic rings. The lowest BCUT2D eigenvalue weighted by Gasteiger charge is -2.15. The number of aliphatic hydroxyl groups excluding tert-OH is 1. The second kappa shape index (κ2) is 60.2. The molecule has 69 heavy (non-hydrogen) atoms. The van der Waals surface area contributed by atoms with Crippen molar-refractivity contribution < 1.29 is 24.2 Å². The average molecular weight is 968 g/mol. The van der Waals surface area contributed by atoms with Gasteiger partial charge in [-0.15, -0.1) is 0 Å². The lowest BCUT2D eigenvalue weighted by atomic mass is 10.0. The Morgan fingerprint density at radius 2 is 0.623 bits per heavy atom. The summed E-state index contributed by atoms with van der Waals surface area (Å²) in [4.78, 5) is 24.6. The van der Waals surface area contributed by atoms with Crippen molar-refractivity contribution in [2.75, 3.05) is 13.2 Å². The molecule has 0 saturated heterocycles. The molecule has 0 radical (unpaired) electrons.